The summed E-state index contributed by atoms with van der Waals surface area (Å²) in [6, 6.07) is 15.1. The van der Waals surface area contributed by atoms with Gasteiger partial charge in [-0.25, -0.2) is 4.98 Å². The average molecular weight is 338 g/mol. The van der Waals surface area contributed by atoms with Crippen LogP contribution in [0, 0.1) is 0 Å². The Morgan fingerprint density at radius 2 is 1.96 bits per heavy atom. The first kappa shape index (κ1) is 16.3. The molecular weight excluding hydrogens is 320 g/mol. The second-order valence-electron chi connectivity index (χ2n) is 5.61. The number of rotatable bonds is 6. The Hall–Kier alpha value is -2.53. The molecule has 1 N–H and O–H groups in total. The fraction of sp³-hybridized carbons (Fsp3) is 0.211. The molecule has 0 bridgehead atoms. The van der Waals surface area contributed by atoms with E-state index in [1.165, 1.54) is 11.6 Å². The number of fused-ring (bicyclic) bond motifs is 1. The Morgan fingerprint density at radius 1 is 1.12 bits per heavy atom. The van der Waals surface area contributed by atoms with Gasteiger partial charge in [0.25, 0.3) is 0 Å². The van der Waals surface area contributed by atoms with Crippen molar-refractivity contribution < 1.29 is 9.59 Å². The van der Waals surface area contributed by atoms with Gasteiger partial charge in [0.15, 0.2) is 5.78 Å². The Morgan fingerprint density at radius 3 is 2.75 bits per heavy atom. The van der Waals surface area contributed by atoms with Gasteiger partial charge in [0.1, 0.15) is 0 Å². The van der Waals surface area contributed by atoms with Crippen LogP contribution in [0.1, 0.15) is 35.1 Å². The number of nitrogens with one attached hydrogen (secondary N) is 1. The molecule has 3 rings (SSSR count). The lowest BCUT2D eigenvalue weighted by atomic mass is 10.1. The minimum atomic E-state index is -0.0446. The first-order valence-electron chi connectivity index (χ1n) is 7.87. The minimum Gasteiger partial charge on any atom is -0.326 e. The van der Waals surface area contributed by atoms with Crippen molar-refractivity contribution in [3.05, 3.63) is 59.1 Å². The zero-order chi connectivity index (χ0) is 16.9. The van der Waals surface area contributed by atoms with E-state index in [1.54, 1.807) is 35.6 Å². The van der Waals surface area contributed by atoms with Crippen molar-refractivity contribution >= 4 is 38.9 Å². The number of hydrogen-bond donors (Lipinski definition) is 1. The number of hydrogen-bond acceptors (Lipinski definition) is 4. The van der Waals surface area contributed by atoms with Crippen molar-refractivity contribution in [3.63, 3.8) is 0 Å². The normalized spacial score (nSPS) is 10.7. The van der Waals surface area contributed by atoms with E-state index in [4.69, 9.17) is 0 Å². The number of amides is 1. The van der Waals surface area contributed by atoms with E-state index in [-0.39, 0.29) is 11.7 Å². The molecule has 122 valence electrons. The van der Waals surface area contributed by atoms with Crippen LogP contribution in [0.4, 0.5) is 5.69 Å². The van der Waals surface area contributed by atoms with E-state index in [2.05, 4.69) is 16.4 Å². The molecule has 3 aromatic rings. The van der Waals surface area contributed by atoms with Crippen LogP contribution in [0.25, 0.3) is 10.2 Å². The van der Waals surface area contributed by atoms with E-state index in [9.17, 15) is 9.59 Å². The fourth-order valence-corrected chi connectivity index (χ4v) is 3.48. The van der Waals surface area contributed by atoms with Gasteiger partial charge in [-0.1, -0.05) is 24.3 Å². The number of para-hydroxylation sites is 1. The third kappa shape index (κ3) is 4.06. The maximum Gasteiger partial charge on any atom is 0.224 e. The predicted molar refractivity (Wildman–Crippen MR) is 97.6 cm³/mol. The number of aryl methyl sites for hydroxylation is 1. The van der Waals surface area contributed by atoms with E-state index >= 15 is 0 Å². The molecule has 1 heterocycles. The molecule has 0 saturated carbocycles. The van der Waals surface area contributed by atoms with E-state index < -0.39 is 0 Å². The van der Waals surface area contributed by atoms with Gasteiger partial charge in [0.05, 0.1) is 15.2 Å². The van der Waals surface area contributed by atoms with Crippen LogP contribution >= 0.6 is 11.3 Å². The smallest absolute Gasteiger partial charge is 0.224 e. The van der Waals surface area contributed by atoms with Crippen molar-refractivity contribution in [3.8, 4) is 0 Å². The number of ketones is 1. The number of thiazole rings is 1. The molecule has 0 atom stereocenters. The minimum absolute atomic E-state index is 0.0121. The molecule has 2 aromatic carbocycles. The van der Waals surface area contributed by atoms with Gasteiger partial charge in [-0.05, 0) is 44.0 Å². The molecule has 1 aromatic heterocycles. The lowest BCUT2D eigenvalue weighted by molar-refractivity contribution is -0.116. The fourth-order valence-electron chi connectivity index (χ4n) is 2.47. The molecule has 0 aliphatic heterocycles. The monoisotopic (exact) mass is 338 g/mol. The van der Waals surface area contributed by atoms with Crippen molar-refractivity contribution in [2.75, 3.05) is 5.32 Å². The van der Waals surface area contributed by atoms with Crippen LogP contribution in [0.5, 0.6) is 0 Å². The quantitative estimate of drug-likeness (QED) is 0.675. The van der Waals surface area contributed by atoms with Gasteiger partial charge in [-0.3, -0.25) is 9.59 Å². The largest absolute Gasteiger partial charge is 0.326 e. The molecule has 0 fully saturated rings. The van der Waals surface area contributed by atoms with Crippen LogP contribution in [0.2, 0.25) is 0 Å². The third-order valence-electron chi connectivity index (χ3n) is 3.69. The molecule has 5 heteroatoms. The average Bonchev–Trinajstić information content (AvgIpc) is 2.97. The number of carbonyl (C=O) groups excluding carboxylic acids is 2. The molecule has 0 unspecified atom stereocenters. The summed E-state index contributed by atoms with van der Waals surface area (Å²) in [5.74, 6) is -0.0567. The number of anilines is 1. The summed E-state index contributed by atoms with van der Waals surface area (Å²) in [6.45, 7) is 1.51. The molecule has 0 radical (unpaired) electrons. The summed E-state index contributed by atoms with van der Waals surface area (Å²) in [5.41, 5.74) is 2.28. The Kier molecular flexibility index (Phi) is 5.01. The molecule has 0 saturated heterocycles. The topological polar surface area (TPSA) is 59.1 Å². The van der Waals surface area contributed by atoms with Gasteiger partial charge in [-0.2, -0.15) is 0 Å². The highest BCUT2D eigenvalue weighted by molar-refractivity contribution is 7.18. The van der Waals surface area contributed by atoms with E-state index in [0.29, 0.717) is 17.7 Å². The Labute approximate surface area is 144 Å². The Bertz CT molecular complexity index is 853. The van der Waals surface area contributed by atoms with Crippen LogP contribution in [-0.4, -0.2) is 16.7 Å². The van der Waals surface area contributed by atoms with Crippen LogP contribution < -0.4 is 5.32 Å². The first-order chi connectivity index (χ1) is 11.6. The highest BCUT2D eigenvalue weighted by Crippen LogP contribution is 2.22. The molecule has 0 spiro atoms. The van der Waals surface area contributed by atoms with Crippen molar-refractivity contribution in [1.29, 1.82) is 0 Å². The number of nitrogens with zero attached hydrogens (tertiary/aromatic N) is 1. The maximum atomic E-state index is 12.0. The Balaban J connectivity index is 1.52. The third-order valence-corrected chi connectivity index (χ3v) is 4.78. The lowest BCUT2D eigenvalue weighted by Crippen LogP contribution is -2.11. The maximum absolute atomic E-state index is 12.0. The van der Waals surface area contributed by atoms with Gasteiger partial charge in [-0.15, -0.1) is 11.3 Å². The van der Waals surface area contributed by atoms with Gasteiger partial charge in [0.2, 0.25) is 5.91 Å². The molecule has 24 heavy (non-hydrogen) atoms. The standard InChI is InChI=1S/C19H18N2O2S/c1-13(22)14-6-4-7-15(12-14)20-18(23)10-5-11-19-21-16-8-2-3-9-17(16)24-19/h2-4,6-9,12H,5,10-11H2,1H3,(H,20,23). The van der Waals surface area contributed by atoms with Crippen LogP contribution in [-0.2, 0) is 11.2 Å². The van der Waals surface area contributed by atoms with Crippen LogP contribution in [0.15, 0.2) is 48.5 Å². The summed E-state index contributed by atoms with van der Waals surface area (Å²) in [5, 5.41) is 3.90. The molecule has 0 aliphatic carbocycles. The van der Waals surface area contributed by atoms with Gasteiger partial charge in [0, 0.05) is 17.7 Å². The highest BCUT2D eigenvalue weighted by Gasteiger charge is 2.07. The molecule has 4 nitrogen and oxygen atoms in total. The number of carbonyl (C=O) groups is 2. The van der Waals surface area contributed by atoms with E-state index in [0.717, 1.165) is 23.4 Å². The second-order valence-corrected chi connectivity index (χ2v) is 6.73. The SMILES string of the molecule is CC(=O)c1cccc(NC(=O)CCCc2nc3ccccc3s2)c1. The van der Waals surface area contributed by atoms with Crippen LogP contribution in [0.3, 0.4) is 0 Å². The van der Waals surface area contributed by atoms with Crippen molar-refractivity contribution in [1.82, 2.24) is 4.98 Å². The molecule has 0 aliphatic rings. The van der Waals surface area contributed by atoms with Crippen molar-refractivity contribution in [2.24, 2.45) is 0 Å². The molecular formula is C19H18N2O2S. The first-order valence-corrected chi connectivity index (χ1v) is 8.69. The van der Waals surface area contributed by atoms with Gasteiger partial charge < -0.3 is 5.32 Å². The summed E-state index contributed by atoms with van der Waals surface area (Å²) in [7, 11) is 0. The highest BCUT2D eigenvalue weighted by atomic mass is 32.1. The summed E-state index contributed by atoms with van der Waals surface area (Å²) < 4.78 is 1.18. The second kappa shape index (κ2) is 7.36. The molecule has 1 amide bonds. The van der Waals surface area contributed by atoms with Crippen molar-refractivity contribution in [2.45, 2.75) is 26.2 Å². The summed E-state index contributed by atoms with van der Waals surface area (Å²) in [4.78, 5) is 28.0. The summed E-state index contributed by atoms with van der Waals surface area (Å²) in [6.07, 6.45) is 1.97. The lowest BCUT2D eigenvalue weighted by Gasteiger charge is -2.06. The zero-order valence-electron chi connectivity index (χ0n) is 13.4. The number of benzene rings is 2. The van der Waals surface area contributed by atoms with Gasteiger partial charge >= 0.3 is 0 Å². The zero-order valence-corrected chi connectivity index (χ0v) is 14.2. The van der Waals surface area contributed by atoms with E-state index in [1.807, 2.05) is 18.2 Å². The number of aromatic nitrogens is 1. The predicted octanol–water partition coefficient (Wildman–Crippen LogP) is 4.46. The summed E-state index contributed by atoms with van der Waals surface area (Å²) >= 11 is 1.68. The number of Topliss-reactive ketones (excluding diaryl/α,β-unsaturated/α-hetero) is 1.